The first-order valence-electron chi connectivity index (χ1n) is 6.13. The van der Waals surface area contributed by atoms with E-state index in [0.29, 0.717) is 11.3 Å². The first kappa shape index (κ1) is 13.8. The first-order valence-corrected chi connectivity index (χ1v) is 7.85. The van der Waals surface area contributed by atoms with Gasteiger partial charge in [-0.05, 0) is 25.1 Å². The maximum atomic E-state index is 12.4. The van der Waals surface area contributed by atoms with E-state index in [1.165, 1.54) is 0 Å². The third-order valence-corrected chi connectivity index (χ3v) is 4.16. The third kappa shape index (κ3) is 3.04. The molecule has 0 unspecified atom stereocenters. The van der Waals surface area contributed by atoms with Crippen LogP contribution < -0.4 is 0 Å². The number of hydrogen-bond acceptors (Lipinski definition) is 2. The number of pyridine rings is 1. The van der Waals surface area contributed by atoms with Gasteiger partial charge < -0.3 is 9.30 Å². The number of hydrogen-bond donors (Lipinski definition) is 0. The number of nitrogens with zero attached hydrogens (tertiary/aromatic N) is 2. The van der Waals surface area contributed by atoms with Crippen molar-refractivity contribution in [1.82, 2.24) is 9.30 Å². The van der Waals surface area contributed by atoms with Crippen molar-refractivity contribution in [2.75, 3.05) is 19.1 Å². The monoisotopic (exact) mass is 278 g/mol. The fraction of sp³-hybridized carbons (Fsp3) is 0.357. The van der Waals surface area contributed by atoms with E-state index in [1.54, 1.807) is 18.2 Å². The predicted octanol–water partition coefficient (Wildman–Crippen LogP) is 1.78. The van der Waals surface area contributed by atoms with Crippen LogP contribution in [0.25, 0.3) is 5.52 Å². The number of carbonyl (C=O) groups excluding carboxylic acids is 1. The normalized spacial score (nSPS) is 14.3. The van der Waals surface area contributed by atoms with Crippen molar-refractivity contribution >= 4 is 22.2 Å². The van der Waals surface area contributed by atoms with Crippen molar-refractivity contribution in [3.8, 4) is 0 Å². The van der Waals surface area contributed by atoms with Gasteiger partial charge in [0.15, 0.2) is 0 Å². The van der Waals surface area contributed by atoms with Crippen molar-refractivity contribution in [2.24, 2.45) is 0 Å². The summed E-state index contributed by atoms with van der Waals surface area (Å²) in [5.74, 6) is 0.456. The Labute approximate surface area is 115 Å². The third-order valence-electron chi connectivity index (χ3n) is 3.21. The van der Waals surface area contributed by atoms with Gasteiger partial charge in [0, 0.05) is 53.8 Å². The summed E-state index contributed by atoms with van der Waals surface area (Å²) in [5.41, 5.74) is 1.65. The Morgan fingerprint density at radius 1 is 1.47 bits per heavy atom. The highest BCUT2D eigenvalue weighted by atomic mass is 32.2. The highest BCUT2D eigenvalue weighted by Crippen LogP contribution is 2.13. The van der Waals surface area contributed by atoms with Crippen molar-refractivity contribution < 1.29 is 9.00 Å². The van der Waals surface area contributed by atoms with Crippen molar-refractivity contribution in [3.05, 3.63) is 42.2 Å². The fourth-order valence-electron chi connectivity index (χ4n) is 2.03. The molecule has 0 aliphatic rings. The van der Waals surface area contributed by atoms with Crippen LogP contribution in [0.15, 0.2) is 36.7 Å². The molecule has 4 nitrogen and oxygen atoms in total. The average molecular weight is 278 g/mol. The van der Waals surface area contributed by atoms with Crippen LogP contribution in [-0.4, -0.2) is 44.5 Å². The largest absolute Gasteiger partial charge is 0.338 e. The molecule has 0 saturated heterocycles. The van der Waals surface area contributed by atoms with Crippen molar-refractivity contribution in [3.63, 3.8) is 0 Å². The SMILES string of the molecule is C[C@@H](C[S@](C)=O)N(C)C(=O)c1cc2ccccn2c1. The first-order chi connectivity index (χ1) is 8.99. The molecule has 1 amide bonds. The number of aromatic nitrogens is 1. The minimum absolute atomic E-state index is 0.0401. The van der Waals surface area contributed by atoms with Gasteiger partial charge in [-0.1, -0.05) is 6.07 Å². The highest BCUT2D eigenvalue weighted by molar-refractivity contribution is 7.84. The lowest BCUT2D eigenvalue weighted by Crippen LogP contribution is -2.38. The van der Waals surface area contributed by atoms with Gasteiger partial charge in [-0.2, -0.15) is 0 Å². The Morgan fingerprint density at radius 3 is 2.84 bits per heavy atom. The zero-order chi connectivity index (χ0) is 14.0. The van der Waals surface area contributed by atoms with Crippen molar-refractivity contribution in [1.29, 1.82) is 0 Å². The second-order valence-electron chi connectivity index (χ2n) is 4.77. The van der Waals surface area contributed by atoms with Crippen LogP contribution in [0, 0.1) is 0 Å². The van der Waals surface area contributed by atoms with E-state index in [-0.39, 0.29) is 11.9 Å². The Bertz CT molecular complexity index is 588. The van der Waals surface area contributed by atoms with Gasteiger partial charge in [0.05, 0.1) is 5.56 Å². The van der Waals surface area contributed by atoms with Gasteiger partial charge in [-0.3, -0.25) is 9.00 Å². The Kier molecular flexibility index (Phi) is 4.04. The molecule has 102 valence electrons. The molecule has 2 atom stereocenters. The lowest BCUT2D eigenvalue weighted by Gasteiger charge is -2.23. The molecule has 0 bridgehead atoms. The quantitative estimate of drug-likeness (QED) is 0.855. The lowest BCUT2D eigenvalue weighted by atomic mass is 10.2. The molecule has 0 radical (unpaired) electrons. The molecule has 2 rings (SSSR count). The molecule has 0 spiro atoms. The second-order valence-corrected chi connectivity index (χ2v) is 6.25. The number of rotatable bonds is 4. The van der Waals surface area contributed by atoms with Gasteiger partial charge in [-0.15, -0.1) is 0 Å². The molecule has 19 heavy (non-hydrogen) atoms. The average Bonchev–Trinajstić information content (AvgIpc) is 2.79. The van der Waals surface area contributed by atoms with Crippen LogP contribution in [0.4, 0.5) is 0 Å². The molecule has 0 aromatic carbocycles. The van der Waals surface area contributed by atoms with Gasteiger partial charge >= 0.3 is 0 Å². The van der Waals surface area contributed by atoms with Crippen LogP contribution in [-0.2, 0) is 10.8 Å². The smallest absolute Gasteiger partial charge is 0.255 e. The van der Waals surface area contributed by atoms with E-state index in [2.05, 4.69) is 0 Å². The molecule has 0 saturated carbocycles. The van der Waals surface area contributed by atoms with E-state index in [1.807, 2.05) is 48.0 Å². The van der Waals surface area contributed by atoms with E-state index in [9.17, 15) is 9.00 Å². The van der Waals surface area contributed by atoms with E-state index in [0.717, 1.165) is 5.52 Å². The number of fused-ring (bicyclic) bond motifs is 1. The summed E-state index contributed by atoms with van der Waals surface area (Å²) in [6.07, 6.45) is 5.39. The van der Waals surface area contributed by atoms with Gasteiger partial charge in [0.2, 0.25) is 0 Å². The summed E-state index contributed by atoms with van der Waals surface area (Å²) < 4.78 is 13.1. The summed E-state index contributed by atoms with van der Waals surface area (Å²) in [6.45, 7) is 1.91. The summed E-state index contributed by atoms with van der Waals surface area (Å²) >= 11 is 0. The second kappa shape index (κ2) is 5.57. The fourth-order valence-corrected chi connectivity index (χ4v) is 2.93. The van der Waals surface area contributed by atoms with Crippen LogP contribution in [0.2, 0.25) is 0 Å². The van der Waals surface area contributed by atoms with E-state index < -0.39 is 10.8 Å². The molecular weight excluding hydrogens is 260 g/mol. The summed E-state index contributed by atoms with van der Waals surface area (Å²) in [7, 11) is 0.849. The summed E-state index contributed by atoms with van der Waals surface area (Å²) in [4.78, 5) is 14.0. The van der Waals surface area contributed by atoms with Gasteiger partial charge in [0.25, 0.3) is 5.91 Å². The highest BCUT2D eigenvalue weighted by Gasteiger charge is 2.19. The minimum Gasteiger partial charge on any atom is -0.338 e. The van der Waals surface area contributed by atoms with Crippen LogP contribution in [0.3, 0.4) is 0 Å². The maximum absolute atomic E-state index is 12.4. The van der Waals surface area contributed by atoms with E-state index in [4.69, 9.17) is 0 Å². The maximum Gasteiger partial charge on any atom is 0.255 e. The van der Waals surface area contributed by atoms with Gasteiger partial charge in [0.1, 0.15) is 0 Å². The molecule has 0 N–H and O–H groups in total. The number of carbonyl (C=O) groups is 1. The Balaban J connectivity index is 2.21. The lowest BCUT2D eigenvalue weighted by molar-refractivity contribution is 0.0757. The zero-order valence-electron chi connectivity index (χ0n) is 11.4. The molecular formula is C14H18N2O2S. The minimum atomic E-state index is -0.903. The molecule has 2 aromatic heterocycles. The summed E-state index contributed by atoms with van der Waals surface area (Å²) in [5, 5.41) is 0. The standard InChI is InChI=1S/C14H18N2O2S/c1-11(10-19(3)18)15(2)14(17)12-8-13-6-4-5-7-16(13)9-12/h4-9,11H,10H2,1-3H3/t11-,19-/m0/s1. The Hall–Kier alpha value is -1.62. The summed E-state index contributed by atoms with van der Waals surface area (Å²) in [6, 6.07) is 7.65. The predicted molar refractivity (Wildman–Crippen MR) is 77.9 cm³/mol. The molecule has 2 aromatic rings. The number of amides is 1. The topological polar surface area (TPSA) is 41.8 Å². The van der Waals surface area contributed by atoms with E-state index >= 15 is 0 Å². The molecule has 0 aliphatic heterocycles. The van der Waals surface area contributed by atoms with Crippen LogP contribution >= 0.6 is 0 Å². The van der Waals surface area contributed by atoms with Crippen molar-refractivity contribution in [2.45, 2.75) is 13.0 Å². The van der Waals surface area contributed by atoms with Crippen LogP contribution in [0.1, 0.15) is 17.3 Å². The molecule has 0 aliphatic carbocycles. The zero-order valence-corrected chi connectivity index (χ0v) is 12.2. The van der Waals surface area contributed by atoms with Crippen LogP contribution in [0.5, 0.6) is 0 Å². The molecule has 2 heterocycles. The Morgan fingerprint density at radius 2 is 2.21 bits per heavy atom. The molecule has 5 heteroatoms. The van der Waals surface area contributed by atoms with Gasteiger partial charge in [-0.25, -0.2) is 0 Å². The molecule has 0 fully saturated rings.